The third kappa shape index (κ3) is 2.45. The number of rotatable bonds is 3. The van der Waals surface area contributed by atoms with Gasteiger partial charge in [-0.05, 0) is 35.8 Å². The molecule has 0 spiro atoms. The normalized spacial score (nSPS) is 19.6. The molecule has 1 aromatic rings. The van der Waals surface area contributed by atoms with Crippen molar-refractivity contribution < 1.29 is 4.74 Å². The second-order valence-corrected chi connectivity index (χ2v) is 4.64. The summed E-state index contributed by atoms with van der Waals surface area (Å²) in [5, 5.41) is 0. The van der Waals surface area contributed by atoms with Gasteiger partial charge in [0.1, 0.15) is 0 Å². The van der Waals surface area contributed by atoms with E-state index in [1.54, 1.807) is 0 Å². The van der Waals surface area contributed by atoms with Gasteiger partial charge in [0, 0.05) is 19.8 Å². The fraction of sp³-hybridized carbons (Fsp3) is 0.571. The van der Waals surface area contributed by atoms with Crippen LogP contribution >= 0.6 is 0 Å². The van der Waals surface area contributed by atoms with E-state index in [2.05, 4.69) is 31.2 Å². The van der Waals surface area contributed by atoms with Crippen molar-refractivity contribution in [3.63, 3.8) is 0 Å². The molecule has 0 bridgehead atoms. The minimum Gasteiger partial charge on any atom is -0.381 e. The minimum absolute atomic E-state index is 0.601. The van der Waals surface area contributed by atoms with Gasteiger partial charge in [0.2, 0.25) is 0 Å². The van der Waals surface area contributed by atoms with Crippen LogP contribution in [-0.2, 0) is 11.3 Å². The zero-order chi connectivity index (χ0) is 11.4. The highest BCUT2D eigenvalue weighted by molar-refractivity contribution is 5.30. The lowest BCUT2D eigenvalue weighted by atomic mass is 9.81. The van der Waals surface area contributed by atoms with E-state index in [9.17, 15) is 0 Å². The SMILES string of the molecule is CC(c1ccccc1CN)C1CCOCC1. The molecule has 1 unspecified atom stereocenters. The Morgan fingerprint density at radius 1 is 1.31 bits per heavy atom. The van der Waals surface area contributed by atoms with Gasteiger partial charge < -0.3 is 10.5 Å². The number of hydrogen-bond donors (Lipinski definition) is 1. The highest BCUT2D eigenvalue weighted by atomic mass is 16.5. The van der Waals surface area contributed by atoms with E-state index in [0.29, 0.717) is 12.5 Å². The van der Waals surface area contributed by atoms with Crippen LogP contribution in [0.4, 0.5) is 0 Å². The summed E-state index contributed by atoms with van der Waals surface area (Å²) in [5.74, 6) is 1.35. The summed E-state index contributed by atoms with van der Waals surface area (Å²) in [6, 6.07) is 8.56. The number of benzene rings is 1. The van der Waals surface area contributed by atoms with Gasteiger partial charge in [-0.25, -0.2) is 0 Å². The van der Waals surface area contributed by atoms with E-state index in [1.807, 2.05) is 0 Å². The number of nitrogens with two attached hydrogens (primary N) is 1. The van der Waals surface area contributed by atoms with Crippen LogP contribution in [0.1, 0.15) is 36.8 Å². The molecule has 1 saturated heterocycles. The van der Waals surface area contributed by atoms with Crippen LogP contribution in [0.15, 0.2) is 24.3 Å². The van der Waals surface area contributed by atoms with Crippen LogP contribution in [0, 0.1) is 5.92 Å². The second kappa shape index (κ2) is 5.46. The molecule has 16 heavy (non-hydrogen) atoms. The van der Waals surface area contributed by atoms with E-state index >= 15 is 0 Å². The molecule has 88 valence electrons. The van der Waals surface area contributed by atoms with Crippen molar-refractivity contribution in [1.82, 2.24) is 0 Å². The summed E-state index contributed by atoms with van der Waals surface area (Å²) >= 11 is 0. The summed E-state index contributed by atoms with van der Waals surface area (Å²) in [4.78, 5) is 0. The van der Waals surface area contributed by atoms with Crippen LogP contribution in [0.2, 0.25) is 0 Å². The molecule has 1 fully saturated rings. The molecule has 1 aliphatic heterocycles. The topological polar surface area (TPSA) is 35.2 Å². The van der Waals surface area contributed by atoms with Crippen molar-refractivity contribution in [2.75, 3.05) is 13.2 Å². The Hall–Kier alpha value is -0.860. The fourth-order valence-corrected chi connectivity index (χ4v) is 2.63. The van der Waals surface area contributed by atoms with Crippen molar-refractivity contribution in [2.45, 2.75) is 32.2 Å². The first-order chi connectivity index (χ1) is 7.83. The van der Waals surface area contributed by atoms with E-state index in [0.717, 1.165) is 19.1 Å². The smallest absolute Gasteiger partial charge is 0.0468 e. The maximum Gasteiger partial charge on any atom is 0.0468 e. The van der Waals surface area contributed by atoms with Gasteiger partial charge in [0.15, 0.2) is 0 Å². The molecule has 2 nitrogen and oxygen atoms in total. The Morgan fingerprint density at radius 3 is 2.69 bits per heavy atom. The first-order valence-electron chi connectivity index (χ1n) is 6.18. The van der Waals surface area contributed by atoms with Gasteiger partial charge in [-0.15, -0.1) is 0 Å². The highest BCUT2D eigenvalue weighted by Gasteiger charge is 2.22. The Balaban J connectivity index is 2.15. The molecule has 2 rings (SSSR count). The summed E-state index contributed by atoms with van der Waals surface area (Å²) in [6.07, 6.45) is 2.36. The molecule has 0 radical (unpaired) electrons. The molecule has 0 aromatic heterocycles. The Bertz CT molecular complexity index is 331. The van der Waals surface area contributed by atoms with Crippen LogP contribution in [-0.4, -0.2) is 13.2 Å². The standard InChI is InChI=1S/C14H21NO/c1-11(12-6-8-16-9-7-12)14-5-3-2-4-13(14)10-15/h2-5,11-12H,6-10,15H2,1H3. The molecule has 0 aliphatic carbocycles. The van der Waals surface area contributed by atoms with Crippen molar-refractivity contribution >= 4 is 0 Å². The molecule has 0 saturated carbocycles. The monoisotopic (exact) mass is 219 g/mol. The number of ether oxygens (including phenoxy) is 1. The maximum absolute atomic E-state index is 5.79. The number of hydrogen-bond acceptors (Lipinski definition) is 2. The van der Waals surface area contributed by atoms with Crippen molar-refractivity contribution in [3.05, 3.63) is 35.4 Å². The van der Waals surface area contributed by atoms with Crippen molar-refractivity contribution in [1.29, 1.82) is 0 Å². The predicted octanol–water partition coefficient (Wildman–Crippen LogP) is 2.68. The lowest BCUT2D eigenvalue weighted by Gasteiger charge is -2.29. The van der Waals surface area contributed by atoms with Crippen LogP contribution in [0.25, 0.3) is 0 Å². The van der Waals surface area contributed by atoms with E-state index in [4.69, 9.17) is 10.5 Å². The highest BCUT2D eigenvalue weighted by Crippen LogP contribution is 2.33. The molecule has 1 aliphatic rings. The summed E-state index contributed by atoms with van der Waals surface area (Å²) in [6.45, 7) is 4.80. The van der Waals surface area contributed by atoms with Gasteiger partial charge in [0.25, 0.3) is 0 Å². The van der Waals surface area contributed by atoms with Crippen molar-refractivity contribution in [2.24, 2.45) is 11.7 Å². The fourth-order valence-electron chi connectivity index (χ4n) is 2.63. The van der Waals surface area contributed by atoms with E-state index in [-0.39, 0.29) is 0 Å². The molecule has 1 atom stereocenters. The first-order valence-corrected chi connectivity index (χ1v) is 6.18. The van der Waals surface area contributed by atoms with Gasteiger partial charge in [-0.1, -0.05) is 31.2 Å². The molecule has 2 heteroatoms. The van der Waals surface area contributed by atoms with Crippen LogP contribution in [0.5, 0.6) is 0 Å². The predicted molar refractivity (Wildman–Crippen MR) is 66.3 cm³/mol. The average Bonchev–Trinajstić information content (AvgIpc) is 2.39. The molecular weight excluding hydrogens is 198 g/mol. The Kier molecular flexibility index (Phi) is 3.97. The Morgan fingerprint density at radius 2 is 2.00 bits per heavy atom. The quantitative estimate of drug-likeness (QED) is 0.848. The molecule has 2 N–H and O–H groups in total. The van der Waals surface area contributed by atoms with Gasteiger partial charge in [0.05, 0.1) is 0 Å². The summed E-state index contributed by atoms with van der Waals surface area (Å²) < 4.78 is 5.42. The summed E-state index contributed by atoms with van der Waals surface area (Å²) in [7, 11) is 0. The molecule has 0 amide bonds. The van der Waals surface area contributed by atoms with Gasteiger partial charge >= 0.3 is 0 Å². The third-order valence-electron chi connectivity index (χ3n) is 3.74. The molecule has 1 heterocycles. The maximum atomic E-state index is 5.79. The van der Waals surface area contributed by atoms with Crippen LogP contribution in [0.3, 0.4) is 0 Å². The second-order valence-electron chi connectivity index (χ2n) is 4.64. The van der Waals surface area contributed by atoms with Crippen LogP contribution < -0.4 is 5.73 Å². The minimum atomic E-state index is 0.601. The van der Waals surface area contributed by atoms with E-state index in [1.165, 1.54) is 24.0 Å². The summed E-state index contributed by atoms with van der Waals surface area (Å²) in [5.41, 5.74) is 8.51. The first kappa shape index (κ1) is 11.6. The van der Waals surface area contributed by atoms with Crippen molar-refractivity contribution in [3.8, 4) is 0 Å². The molecule has 1 aromatic carbocycles. The lowest BCUT2D eigenvalue weighted by molar-refractivity contribution is 0.0595. The molecular formula is C14H21NO. The zero-order valence-electron chi connectivity index (χ0n) is 9.99. The average molecular weight is 219 g/mol. The van der Waals surface area contributed by atoms with Gasteiger partial charge in [-0.3, -0.25) is 0 Å². The lowest BCUT2D eigenvalue weighted by Crippen LogP contribution is -2.21. The zero-order valence-corrected chi connectivity index (χ0v) is 9.99. The Labute approximate surface area is 97.8 Å². The third-order valence-corrected chi connectivity index (χ3v) is 3.74. The largest absolute Gasteiger partial charge is 0.381 e. The van der Waals surface area contributed by atoms with Gasteiger partial charge in [-0.2, -0.15) is 0 Å². The van der Waals surface area contributed by atoms with E-state index < -0.39 is 0 Å².